The van der Waals surface area contributed by atoms with Crippen molar-refractivity contribution >= 4 is 33.0 Å². The van der Waals surface area contributed by atoms with Gasteiger partial charge in [-0.3, -0.25) is 0 Å². The van der Waals surface area contributed by atoms with Crippen molar-refractivity contribution in [3.8, 4) is 0 Å². The van der Waals surface area contributed by atoms with Gasteiger partial charge in [0.2, 0.25) is 0 Å². The molecule has 0 heterocycles. The van der Waals surface area contributed by atoms with E-state index in [4.69, 9.17) is 23.2 Å². The summed E-state index contributed by atoms with van der Waals surface area (Å²) in [4.78, 5) is 0. The Kier molecular flexibility index (Phi) is 4.84. The topological polar surface area (TPSA) is 34.1 Å². The van der Waals surface area contributed by atoms with Crippen LogP contribution < -0.4 is 0 Å². The van der Waals surface area contributed by atoms with Gasteiger partial charge in [-0.15, -0.1) is 0 Å². The van der Waals surface area contributed by atoms with Crippen LogP contribution in [0, 0.1) is 0 Å². The van der Waals surface area contributed by atoms with E-state index in [-0.39, 0.29) is 11.5 Å². The van der Waals surface area contributed by atoms with Gasteiger partial charge < -0.3 is 0 Å². The van der Waals surface area contributed by atoms with Crippen molar-refractivity contribution < 1.29 is 8.42 Å². The van der Waals surface area contributed by atoms with Crippen LogP contribution in [-0.2, 0) is 15.6 Å². The van der Waals surface area contributed by atoms with Gasteiger partial charge in [0.05, 0.1) is 21.6 Å². The van der Waals surface area contributed by atoms with Gasteiger partial charge in [-0.25, -0.2) is 8.42 Å². The molecule has 0 aromatic heterocycles. The molecule has 0 aliphatic heterocycles. The molecule has 1 rings (SSSR count). The van der Waals surface area contributed by atoms with E-state index in [1.165, 1.54) is 0 Å². The highest BCUT2D eigenvalue weighted by atomic mass is 35.5. The van der Waals surface area contributed by atoms with Gasteiger partial charge >= 0.3 is 0 Å². The Hall–Kier alpha value is -0.510. The molecule has 0 amide bonds. The highest BCUT2D eigenvalue weighted by Gasteiger charge is 2.10. The molecular weight excluding hydrogens is 267 g/mol. The van der Waals surface area contributed by atoms with Gasteiger partial charge in [0.15, 0.2) is 9.84 Å². The lowest BCUT2D eigenvalue weighted by Crippen LogP contribution is -2.07. The lowest BCUT2D eigenvalue weighted by Gasteiger charge is -2.03. The van der Waals surface area contributed by atoms with Gasteiger partial charge in [-0.2, -0.15) is 0 Å². The monoisotopic (exact) mass is 278 g/mol. The summed E-state index contributed by atoms with van der Waals surface area (Å²) in [6.07, 6.45) is 3.33. The molecule has 2 nitrogen and oxygen atoms in total. The molecule has 1 aromatic carbocycles. The SMILES string of the molecule is C/C=C/CS(=O)(=O)Cc1ccc(Cl)c(Cl)c1. The summed E-state index contributed by atoms with van der Waals surface area (Å²) >= 11 is 11.5. The predicted molar refractivity (Wildman–Crippen MR) is 68.8 cm³/mol. The van der Waals surface area contributed by atoms with Crippen molar-refractivity contribution in [1.29, 1.82) is 0 Å². The maximum atomic E-state index is 11.6. The van der Waals surface area contributed by atoms with Crippen LogP contribution >= 0.6 is 23.2 Å². The zero-order valence-electron chi connectivity index (χ0n) is 8.78. The summed E-state index contributed by atoms with van der Waals surface area (Å²) in [5, 5.41) is 0.802. The summed E-state index contributed by atoms with van der Waals surface area (Å²) < 4.78 is 23.3. The summed E-state index contributed by atoms with van der Waals surface area (Å²) in [6, 6.07) is 4.85. The summed E-state index contributed by atoms with van der Waals surface area (Å²) in [5.41, 5.74) is 0.652. The molecule has 0 atom stereocenters. The second-order valence-corrected chi connectivity index (χ2v) is 6.30. The fourth-order valence-corrected chi connectivity index (χ4v) is 2.80. The van der Waals surface area contributed by atoms with Crippen LogP contribution in [-0.4, -0.2) is 14.2 Å². The molecule has 0 bridgehead atoms. The Morgan fingerprint density at radius 1 is 1.25 bits per heavy atom. The smallest absolute Gasteiger partial charge is 0.157 e. The third kappa shape index (κ3) is 4.16. The average molecular weight is 279 g/mol. The predicted octanol–water partition coefficient (Wildman–Crippen LogP) is 3.48. The Morgan fingerprint density at radius 2 is 1.94 bits per heavy atom. The number of hydrogen-bond acceptors (Lipinski definition) is 2. The molecule has 0 spiro atoms. The van der Waals surface area contributed by atoms with Gasteiger partial charge in [0, 0.05) is 0 Å². The molecule has 0 fully saturated rings. The molecule has 88 valence electrons. The molecule has 0 N–H and O–H groups in total. The van der Waals surface area contributed by atoms with Crippen LogP contribution in [0.1, 0.15) is 12.5 Å². The van der Waals surface area contributed by atoms with E-state index >= 15 is 0 Å². The molecule has 0 aliphatic rings. The van der Waals surface area contributed by atoms with Crippen molar-refractivity contribution in [3.63, 3.8) is 0 Å². The molecule has 0 unspecified atom stereocenters. The van der Waals surface area contributed by atoms with E-state index in [2.05, 4.69) is 0 Å². The van der Waals surface area contributed by atoms with E-state index in [1.54, 1.807) is 37.3 Å². The molecule has 16 heavy (non-hydrogen) atoms. The lowest BCUT2D eigenvalue weighted by atomic mass is 10.2. The van der Waals surface area contributed by atoms with Crippen molar-refractivity contribution in [3.05, 3.63) is 46.0 Å². The van der Waals surface area contributed by atoms with Gasteiger partial charge in [-0.1, -0.05) is 41.4 Å². The van der Waals surface area contributed by atoms with E-state index < -0.39 is 9.84 Å². The third-order valence-electron chi connectivity index (χ3n) is 1.96. The van der Waals surface area contributed by atoms with Crippen molar-refractivity contribution in [2.24, 2.45) is 0 Å². The largest absolute Gasteiger partial charge is 0.228 e. The van der Waals surface area contributed by atoms with Gasteiger partial charge in [0.1, 0.15) is 0 Å². The maximum absolute atomic E-state index is 11.6. The molecule has 1 aromatic rings. The van der Waals surface area contributed by atoms with E-state index in [1.807, 2.05) is 0 Å². The maximum Gasteiger partial charge on any atom is 0.157 e. The number of benzene rings is 1. The number of rotatable bonds is 4. The van der Waals surface area contributed by atoms with E-state index in [9.17, 15) is 8.42 Å². The third-order valence-corrected chi connectivity index (χ3v) is 4.17. The van der Waals surface area contributed by atoms with Crippen LogP contribution in [0.5, 0.6) is 0 Å². The first kappa shape index (κ1) is 13.6. The van der Waals surface area contributed by atoms with Crippen LogP contribution in [0.15, 0.2) is 30.4 Å². The van der Waals surface area contributed by atoms with Crippen LogP contribution in [0.25, 0.3) is 0 Å². The minimum Gasteiger partial charge on any atom is -0.228 e. The van der Waals surface area contributed by atoms with Crippen LogP contribution in [0.2, 0.25) is 10.0 Å². The Bertz CT molecular complexity index is 493. The number of halogens is 2. The van der Waals surface area contributed by atoms with Crippen molar-refractivity contribution in [1.82, 2.24) is 0 Å². The summed E-state index contributed by atoms with van der Waals surface area (Å²) in [6.45, 7) is 1.79. The zero-order chi connectivity index (χ0) is 12.2. The lowest BCUT2D eigenvalue weighted by molar-refractivity contribution is 0.598. The second kappa shape index (κ2) is 5.71. The number of allylic oxidation sites excluding steroid dienone is 1. The van der Waals surface area contributed by atoms with Crippen molar-refractivity contribution in [2.45, 2.75) is 12.7 Å². The fraction of sp³-hybridized carbons (Fsp3) is 0.273. The molecule has 0 radical (unpaired) electrons. The highest BCUT2D eigenvalue weighted by molar-refractivity contribution is 7.90. The Balaban J connectivity index is 2.84. The van der Waals surface area contributed by atoms with Gasteiger partial charge in [-0.05, 0) is 24.6 Å². The first-order valence-corrected chi connectivity index (χ1v) is 7.28. The first-order valence-electron chi connectivity index (χ1n) is 4.70. The fourth-order valence-electron chi connectivity index (χ4n) is 1.19. The quantitative estimate of drug-likeness (QED) is 0.791. The normalized spacial score (nSPS) is 12.2. The Morgan fingerprint density at radius 3 is 2.50 bits per heavy atom. The molecule has 0 saturated heterocycles. The first-order chi connectivity index (χ1) is 7.44. The summed E-state index contributed by atoms with van der Waals surface area (Å²) in [7, 11) is -3.11. The second-order valence-electron chi connectivity index (χ2n) is 3.37. The molecule has 0 saturated carbocycles. The van der Waals surface area contributed by atoms with Crippen LogP contribution in [0.3, 0.4) is 0 Å². The van der Waals surface area contributed by atoms with Crippen molar-refractivity contribution in [2.75, 3.05) is 5.75 Å². The standard InChI is InChI=1S/C11H12Cl2O2S/c1-2-3-6-16(14,15)8-9-4-5-10(12)11(13)7-9/h2-5,7H,6,8H2,1H3/b3-2+. The number of sulfone groups is 1. The highest BCUT2D eigenvalue weighted by Crippen LogP contribution is 2.23. The Labute approximate surface area is 106 Å². The molecule has 5 heteroatoms. The summed E-state index contributed by atoms with van der Waals surface area (Å²) in [5.74, 6) is 0.0258. The average Bonchev–Trinajstić information content (AvgIpc) is 2.20. The zero-order valence-corrected chi connectivity index (χ0v) is 11.1. The van der Waals surface area contributed by atoms with E-state index in [0.29, 0.717) is 15.6 Å². The number of hydrogen-bond donors (Lipinski definition) is 0. The van der Waals surface area contributed by atoms with E-state index in [0.717, 1.165) is 0 Å². The van der Waals surface area contributed by atoms with Crippen LogP contribution in [0.4, 0.5) is 0 Å². The van der Waals surface area contributed by atoms with Gasteiger partial charge in [0.25, 0.3) is 0 Å². The minimum absolute atomic E-state index is 0.0196. The molecule has 0 aliphatic carbocycles. The minimum atomic E-state index is -3.11. The molecular formula is C11H12Cl2O2S.